The molecule has 0 fully saturated rings. The lowest BCUT2D eigenvalue weighted by Gasteiger charge is -2.15. The molecular weight excluding hydrogens is 394 g/mol. The maximum Gasteiger partial charge on any atom is 0.253 e. The van der Waals surface area contributed by atoms with E-state index in [0.717, 1.165) is 16.6 Å². The van der Waals surface area contributed by atoms with Gasteiger partial charge in [0.25, 0.3) is 10.9 Å². The van der Waals surface area contributed by atoms with Gasteiger partial charge in [0, 0.05) is 12.2 Å². The minimum atomic E-state index is -3.51. The maximum absolute atomic E-state index is 12.0. The largest absolute Gasteiger partial charge is 0.376 e. The first-order valence-corrected chi connectivity index (χ1v) is 10.2. The van der Waals surface area contributed by atoms with E-state index in [1.165, 1.54) is 19.2 Å². The van der Waals surface area contributed by atoms with Crippen molar-refractivity contribution in [2.24, 2.45) is 0 Å². The highest BCUT2D eigenvalue weighted by atomic mass is 32.2. The molecule has 1 aromatic heterocycles. The van der Waals surface area contributed by atoms with Gasteiger partial charge in [0.2, 0.25) is 10.0 Å². The number of rotatable bonds is 7. The number of fused-ring (bicyclic) bond motifs is 1. The molecule has 0 aliphatic carbocycles. The summed E-state index contributed by atoms with van der Waals surface area (Å²) in [4.78, 5) is 31.2. The van der Waals surface area contributed by atoms with Gasteiger partial charge in [0.05, 0.1) is 22.3 Å². The van der Waals surface area contributed by atoms with E-state index in [1.807, 2.05) is 0 Å². The Hall–Kier alpha value is -3.50. The van der Waals surface area contributed by atoms with Crippen LogP contribution in [0.2, 0.25) is 0 Å². The fourth-order valence-corrected chi connectivity index (χ4v) is 3.66. The van der Waals surface area contributed by atoms with Crippen molar-refractivity contribution < 1.29 is 8.42 Å². The molecule has 4 aromatic rings. The molecule has 29 heavy (non-hydrogen) atoms. The van der Waals surface area contributed by atoms with Gasteiger partial charge in [0.15, 0.2) is 0 Å². The van der Waals surface area contributed by atoms with Gasteiger partial charge >= 0.3 is 0 Å². The van der Waals surface area contributed by atoms with Crippen LogP contribution in [-0.2, 0) is 16.6 Å². The lowest BCUT2D eigenvalue weighted by Crippen LogP contribution is -2.36. The summed E-state index contributed by atoms with van der Waals surface area (Å²) >= 11 is 0. The standard InChI is InChI=1S/C19H17N5O4S/c1-20-29(27,28)13-5-2-11(3-6-13)9-21-16-17(19(26)18(16)25)24-12-4-7-14-15(8-12)23-10-22-14/h2-8,10,20-21,24H,9H2,1H3,(H,22,23). The number of anilines is 3. The maximum atomic E-state index is 12.0. The minimum Gasteiger partial charge on any atom is -0.376 e. The van der Waals surface area contributed by atoms with Crippen molar-refractivity contribution in [1.82, 2.24) is 14.7 Å². The summed E-state index contributed by atoms with van der Waals surface area (Å²) in [6, 6.07) is 11.6. The van der Waals surface area contributed by atoms with Gasteiger partial charge in [-0.25, -0.2) is 18.1 Å². The van der Waals surface area contributed by atoms with Crippen molar-refractivity contribution in [2.45, 2.75) is 11.4 Å². The van der Waals surface area contributed by atoms with Crippen molar-refractivity contribution in [3.05, 3.63) is 74.8 Å². The Morgan fingerprint density at radius 3 is 2.45 bits per heavy atom. The second-order valence-electron chi connectivity index (χ2n) is 6.37. The van der Waals surface area contributed by atoms with E-state index in [-0.39, 0.29) is 22.8 Å². The molecule has 0 aliphatic rings. The van der Waals surface area contributed by atoms with Crippen LogP contribution < -0.4 is 26.2 Å². The van der Waals surface area contributed by atoms with Gasteiger partial charge in [-0.1, -0.05) is 12.1 Å². The zero-order valence-electron chi connectivity index (χ0n) is 15.3. The van der Waals surface area contributed by atoms with E-state index in [2.05, 4.69) is 25.3 Å². The van der Waals surface area contributed by atoms with Gasteiger partial charge in [-0.15, -0.1) is 0 Å². The highest BCUT2D eigenvalue weighted by Gasteiger charge is 2.21. The summed E-state index contributed by atoms with van der Waals surface area (Å²) in [5, 5.41) is 5.93. The van der Waals surface area contributed by atoms with Crippen LogP contribution in [0.25, 0.3) is 11.0 Å². The smallest absolute Gasteiger partial charge is 0.253 e. The number of nitrogens with zero attached hydrogens (tertiary/aromatic N) is 1. The van der Waals surface area contributed by atoms with Crippen LogP contribution >= 0.6 is 0 Å². The Bertz CT molecular complexity index is 1370. The summed E-state index contributed by atoms with van der Waals surface area (Å²) < 4.78 is 25.8. The zero-order chi connectivity index (χ0) is 20.6. The average Bonchev–Trinajstić information content (AvgIpc) is 3.21. The first-order valence-electron chi connectivity index (χ1n) is 8.69. The van der Waals surface area contributed by atoms with Crippen LogP contribution in [0.4, 0.5) is 17.1 Å². The molecule has 4 rings (SSSR count). The van der Waals surface area contributed by atoms with Gasteiger partial charge < -0.3 is 15.6 Å². The van der Waals surface area contributed by atoms with E-state index in [0.29, 0.717) is 5.69 Å². The van der Waals surface area contributed by atoms with Crippen LogP contribution in [0.15, 0.2) is 63.3 Å². The number of hydrogen-bond acceptors (Lipinski definition) is 7. The van der Waals surface area contributed by atoms with Crippen molar-refractivity contribution in [2.75, 3.05) is 17.7 Å². The molecule has 4 N–H and O–H groups in total. The molecule has 0 amide bonds. The van der Waals surface area contributed by atoms with E-state index in [1.54, 1.807) is 36.7 Å². The van der Waals surface area contributed by atoms with Crippen LogP contribution in [0.5, 0.6) is 0 Å². The van der Waals surface area contributed by atoms with Crippen molar-refractivity contribution in [3.63, 3.8) is 0 Å². The minimum absolute atomic E-state index is 0.148. The Morgan fingerprint density at radius 2 is 1.72 bits per heavy atom. The molecule has 10 heteroatoms. The second-order valence-corrected chi connectivity index (χ2v) is 8.26. The van der Waals surface area contributed by atoms with E-state index < -0.39 is 20.9 Å². The SMILES string of the molecule is CNS(=O)(=O)c1ccc(CNc2c(Nc3ccc4nc[nH]c4c3)c(=O)c2=O)cc1. The number of aromatic nitrogens is 2. The molecule has 0 radical (unpaired) electrons. The third-order valence-corrected chi connectivity index (χ3v) is 6.00. The normalized spacial score (nSPS) is 11.8. The highest BCUT2D eigenvalue weighted by Crippen LogP contribution is 2.23. The monoisotopic (exact) mass is 411 g/mol. The molecule has 9 nitrogen and oxygen atoms in total. The van der Waals surface area contributed by atoms with Crippen LogP contribution in [0.1, 0.15) is 5.56 Å². The number of H-pyrrole nitrogens is 1. The fraction of sp³-hybridized carbons (Fsp3) is 0.105. The van der Waals surface area contributed by atoms with E-state index >= 15 is 0 Å². The molecule has 0 spiro atoms. The van der Waals surface area contributed by atoms with E-state index in [9.17, 15) is 18.0 Å². The number of aromatic amines is 1. The second kappa shape index (κ2) is 7.15. The predicted molar refractivity (Wildman–Crippen MR) is 111 cm³/mol. The summed E-state index contributed by atoms with van der Waals surface area (Å²) in [5.74, 6) is 0. The molecule has 0 unspecified atom stereocenters. The van der Waals surface area contributed by atoms with Crippen molar-refractivity contribution in [3.8, 4) is 0 Å². The summed E-state index contributed by atoms with van der Waals surface area (Å²) in [5.41, 5.74) is 2.23. The van der Waals surface area contributed by atoms with Gasteiger partial charge in [0.1, 0.15) is 11.4 Å². The van der Waals surface area contributed by atoms with Gasteiger partial charge in [-0.3, -0.25) is 9.59 Å². The first-order chi connectivity index (χ1) is 13.9. The quantitative estimate of drug-likeness (QED) is 0.338. The lowest BCUT2D eigenvalue weighted by molar-refractivity contribution is 0.588. The summed E-state index contributed by atoms with van der Waals surface area (Å²) in [6.45, 7) is 0.263. The van der Waals surface area contributed by atoms with Crippen LogP contribution in [-0.4, -0.2) is 25.4 Å². The molecular formula is C19H17N5O4S. The molecule has 3 aromatic carbocycles. The third-order valence-electron chi connectivity index (χ3n) is 4.57. The Balaban J connectivity index is 1.49. The van der Waals surface area contributed by atoms with Crippen LogP contribution in [0.3, 0.4) is 0 Å². The number of nitrogens with one attached hydrogen (secondary N) is 4. The number of benzene rings is 2. The molecule has 0 atom stereocenters. The molecule has 0 saturated heterocycles. The third kappa shape index (κ3) is 3.50. The average molecular weight is 411 g/mol. The molecule has 1 heterocycles. The zero-order valence-corrected chi connectivity index (χ0v) is 16.1. The number of sulfonamides is 1. The predicted octanol–water partition coefficient (Wildman–Crippen LogP) is 1.42. The Morgan fingerprint density at radius 1 is 1.00 bits per heavy atom. The topological polar surface area (TPSA) is 133 Å². The summed E-state index contributed by atoms with van der Waals surface area (Å²) in [7, 11) is -2.16. The fourth-order valence-electron chi connectivity index (χ4n) is 2.93. The molecule has 148 valence electrons. The molecule has 0 aliphatic heterocycles. The van der Waals surface area contributed by atoms with E-state index in [4.69, 9.17) is 0 Å². The number of hydrogen-bond donors (Lipinski definition) is 4. The molecule has 0 saturated carbocycles. The van der Waals surface area contributed by atoms with Crippen molar-refractivity contribution >= 4 is 38.1 Å². The van der Waals surface area contributed by atoms with Gasteiger partial charge in [-0.2, -0.15) is 0 Å². The van der Waals surface area contributed by atoms with Crippen LogP contribution in [0, 0.1) is 0 Å². The summed E-state index contributed by atoms with van der Waals surface area (Å²) in [6.07, 6.45) is 1.58. The van der Waals surface area contributed by atoms with Crippen molar-refractivity contribution in [1.29, 1.82) is 0 Å². The highest BCUT2D eigenvalue weighted by molar-refractivity contribution is 7.89. The lowest BCUT2D eigenvalue weighted by atomic mass is 10.1. The Kier molecular flexibility index (Phi) is 4.65. The van der Waals surface area contributed by atoms with Gasteiger partial charge in [-0.05, 0) is 42.9 Å². The molecule has 0 bridgehead atoms. The number of imidazole rings is 1. The first kappa shape index (κ1) is 18.8. The Labute approximate surface area is 165 Å².